The minimum Gasteiger partial charge on any atom is -0.368 e. The van der Waals surface area contributed by atoms with Gasteiger partial charge in [-0.05, 0) is 5.92 Å². The lowest BCUT2D eigenvalue weighted by Gasteiger charge is -2.11. The maximum Gasteiger partial charge on any atom is 0.163 e. The van der Waals surface area contributed by atoms with Crippen LogP contribution in [0, 0.1) is 5.92 Å². The van der Waals surface area contributed by atoms with E-state index in [-0.39, 0.29) is 23.3 Å². The van der Waals surface area contributed by atoms with Crippen molar-refractivity contribution in [1.29, 1.82) is 0 Å². The number of hydrogen-bond acceptors (Lipinski definition) is 6. The topological polar surface area (TPSA) is 89.8 Å². The molecule has 0 aliphatic carbocycles. The molecule has 0 aliphatic heterocycles. The Morgan fingerprint density at radius 1 is 1.22 bits per heavy atom. The van der Waals surface area contributed by atoms with E-state index in [1.165, 1.54) is 0 Å². The summed E-state index contributed by atoms with van der Waals surface area (Å²) in [7, 11) is -1.22. The number of aromatic nitrogens is 4. The summed E-state index contributed by atoms with van der Waals surface area (Å²) < 4.78 is 25.7. The molecule has 0 saturated carbocycles. The highest BCUT2D eigenvalue weighted by atomic mass is 32.2. The molecule has 2 aromatic heterocycles. The van der Waals surface area contributed by atoms with Crippen LogP contribution < -0.4 is 5.32 Å². The molecule has 0 bridgehead atoms. The molecule has 0 radical (unpaired) electrons. The van der Waals surface area contributed by atoms with E-state index in [1.54, 1.807) is 10.9 Å². The van der Waals surface area contributed by atoms with Crippen LogP contribution in [0.3, 0.4) is 0 Å². The highest BCUT2D eigenvalue weighted by Crippen LogP contribution is 2.22. The zero-order chi connectivity index (χ0) is 17.2. The molecule has 7 nitrogen and oxygen atoms in total. The first-order chi connectivity index (χ1) is 10.7. The molecule has 0 atom stereocenters. The zero-order valence-corrected chi connectivity index (χ0v) is 15.2. The maximum absolute atomic E-state index is 12.0. The van der Waals surface area contributed by atoms with Gasteiger partial charge in [-0.25, -0.2) is 18.4 Å². The lowest BCUT2D eigenvalue weighted by Crippen LogP contribution is -2.21. The first-order valence-electron chi connectivity index (χ1n) is 7.83. The minimum atomic E-state index is -3.05. The molecule has 0 aliphatic rings. The largest absolute Gasteiger partial charge is 0.368 e. The Bertz CT molecular complexity index is 781. The second-order valence-corrected chi connectivity index (χ2v) is 8.75. The second-order valence-electron chi connectivity index (χ2n) is 6.53. The van der Waals surface area contributed by atoms with E-state index >= 15 is 0 Å². The zero-order valence-electron chi connectivity index (χ0n) is 14.4. The Kier molecular flexibility index (Phi) is 5.23. The van der Waals surface area contributed by atoms with E-state index < -0.39 is 9.84 Å². The monoisotopic (exact) mass is 339 g/mol. The van der Waals surface area contributed by atoms with Crippen LogP contribution in [-0.2, 0) is 16.9 Å². The predicted octanol–water partition coefficient (Wildman–Crippen LogP) is 1.97. The summed E-state index contributed by atoms with van der Waals surface area (Å²) in [6, 6.07) is 0. The second kappa shape index (κ2) is 6.82. The van der Waals surface area contributed by atoms with Crippen molar-refractivity contribution in [2.45, 2.75) is 33.6 Å². The molecule has 128 valence electrons. The van der Waals surface area contributed by atoms with Gasteiger partial charge in [0.15, 0.2) is 15.5 Å². The maximum atomic E-state index is 12.0. The van der Waals surface area contributed by atoms with Crippen molar-refractivity contribution in [3.8, 4) is 0 Å². The first-order valence-corrected chi connectivity index (χ1v) is 9.65. The highest BCUT2D eigenvalue weighted by Gasteiger charge is 2.16. The van der Waals surface area contributed by atoms with Crippen molar-refractivity contribution < 1.29 is 8.42 Å². The average molecular weight is 339 g/mol. The number of fused-ring (bicyclic) bond motifs is 1. The Balaban J connectivity index is 2.19. The molecule has 2 aromatic rings. The Labute approximate surface area is 137 Å². The van der Waals surface area contributed by atoms with E-state index in [4.69, 9.17) is 0 Å². The molecule has 0 unspecified atom stereocenters. The highest BCUT2D eigenvalue weighted by molar-refractivity contribution is 7.91. The van der Waals surface area contributed by atoms with Gasteiger partial charge in [-0.1, -0.05) is 27.7 Å². The van der Waals surface area contributed by atoms with Crippen LogP contribution in [0.1, 0.15) is 39.4 Å². The number of hydrogen-bond donors (Lipinski definition) is 1. The third-order valence-electron chi connectivity index (χ3n) is 3.42. The summed E-state index contributed by atoms with van der Waals surface area (Å²) >= 11 is 0. The normalized spacial score (nSPS) is 12.5. The van der Waals surface area contributed by atoms with E-state index in [0.29, 0.717) is 18.2 Å². The number of sulfone groups is 1. The Hall–Kier alpha value is -1.70. The predicted molar refractivity (Wildman–Crippen MR) is 92.4 cm³/mol. The summed E-state index contributed by atoms with van der Waals surface area (Å²) in [5, 5.41) is 8.15. The fraction of sp³-hybridized carbons (Fsp3) is 0.667. The Morgan fingerprint density at radius 2 is 1.91 bits per heavy atom. The molecule has 0 amide bonds. The number of nitrogens with zero attached hydrogens (tertiary/aromatic N) is 4. The van der Waals surface area contributed by atoms with Crippen molar-refractivity contribution in [3.63, 3.8) is 0 Å². The fourth-order valence-corrected chi connectivity index (χ4v) is 3.94. The molecule has 2 heterocycles. The lowest BCUT2D eigenvalue weighted by atomic mass is 10.2. The van der Waals surface area contributed by atoms with Crippen LogP contribution in [-0.4, -0.2) is 46.2 Å². The molecule has 23 heavy (non-hydrogen) atoms. The van der Waals surface area contributed by atoms with Crippen molar-refractivity contribution in [2.75, 3.05) is 23.4 Å². The third kappa shape index (κ3) is 4.40. The van der Waals surface area contributed by atoms with Crippen LogP contribution >= 0.6 is 0 Å². The molecule has 2 rings (SSSR count). The molecule has 1 N–H and O–H groups in total. The van der Waals surface area contributed by atoms with Gasteiger partial charge in [0.1, 0.15) is 11.6 Å². The van der Waals surface area contributed by atoms with Gasteiger partial charge in [-0.3, -0.25) is 4.68 Å². The van der Waals surface area contributed by atoms with Crippen molar-refractivity contribution in [3.05, 3.63) is 12.0 Å². The fourth-order valence-electron chi connectivity index (χ4n) is 2.35. The summed E-state index contributed by atoms with van der Waals surface area (Å²) in [4.78, 5) is 9.05. The van der Waals surface area contributed by atoms with Crippen LogP contribution in [0.15, 0.2) is 6.20 Å². The first kappa shape index (κ1) is 17.7. The number of aryl methyl sites for hydroxylation is 1. The lowest BCUT2D eigenvalue weighted by molar-refractivity contribution is 0.583. The van der Waals surface area contributed by atoms with Crippen molar-refractivity contribution in [2.24, 2.45) is 13.0 Å². The van der Waals surface area contributed by atoms with Gasteiger partial charge in [-0.2, -0.15) is 5.10 Å². The molecule has 0 spiro atoms. The number of rotatable bonds is 7. The van der Waals surface area contributed by atoms with Gasteiger partial charge in [0, 0.05) is 19.5 Å². The summed E-state index contributed by atoms with van der Waals surface area (Å²) in [5.74, 6) is 1.97. The Morgan fingerprint density at radius 3 is 2.52 bits per heavy atom. The van der Waals surface area contributed by atoms with E-state index in [0.717, 1.165) is 11.0 Å². The van der Waals surface area contributed by atoms with E-state index in [9.17, 15) is 8.42 Å². The van der Waals surface area contributed by atoms with Crippen molar-refractivity contribution in [1.82, 2.24) is 19.7 Å². The summed E-state index contributed by atoms with van der Waals surface area (Å²) in [6.45, 7) is 8.18. The molecule has 0 saturated heterocycles. The van der Waals surface area contributed by atoms with Gasteiger partial charge in [0.05, 0.1) is 23.1 Å². The molecule has 8 heteroatoms. The smallest absolute Gasteiger partial charge is 0.163 e. The minimum absolute atomic E-state index is 0.0912. The van der Waals surface area contributed by atoms with Crippen LogP contribution in [0.4, 0.5) is 5.82 Å². The summed E-state index contributed by atoms with van der Waals surface area (Å²) in [6.07, 6.45) is 1.70. The third-order valence-corrected chi connectivity index (χ3v) is 5.42. The van der Waals surface area contributed by atoms with Crippen LogP contribution in [0.5, 0.6) is 0 Å². The average Bonchev–Trinajstić information content (AvgIpc) is 2.79. The van der Waals surface area contributed by atoms with E-state index in [2.05, 4.69) is 20.4 Å². The van der Waals surface area contributed by atoms with Gasteiger partial charge < -0.3 is 5.32 Å². The van der Waals surface area contributed by atoms with Crippen LogP contribution in [0.25, 0.3) is 11.0 Å². The summed E-state index contributed by atoms with van der Waals surface area (Å²) in [5.41, 5.74) is 0.747. The standard InChI is InChI=1S/C15H25N5O2S/c1-10(2)9-23(21,22)7-6-16-14-12-8-17-20(5)15(12)19-13(18-14)11(3)4/h8,10-11H,6-7,9H2,1-5H3,(H,16,18,19). The number of anilines is 1. The van der Waals surface area contributed by atoms with E-state index in [1.807, 2.05) is 34.7 Å². The number of nitrogens with one attached hydrogen (secondary N) is 1. The van der Waals surface area contributed by atoms with Gasteiger partial charge in [0.25, 0.3) is 0 Å². The van der Waals surface area contributed by atoms with Crippen LogP contribution in [0.2, 0.25) is 0 Å². The van der Waals surface area contributed by atoms with Gasteiger partial charge >= 0.3 is 0 Å². The molecular formula is C15H25N5O2S. The van der Waals surface area contributed by atoms with Gasteiger partial charge in [0.2, 0.25) is 0 Å². The molecule has 0 fully saturated rings. The quantitative estimate of drug-likeness (QED) is 0.829. The van der Waals surface area contributed by atoms with Crippen molar-refractivity contribution >= 4 is 26.7 Å². The SMILES string of the molecule is CC(C)CS(=O)(=O)CCNc1nc(C(C)C)nc2c1cnn2C. The van der Waals surface area contributed by atoms with Gasteiger partial charge in [-0.15, -0.1) is 0 Å². The molecular weight excluding hydrogens is 314 g/mol. The molecule has 0 aromatic carbocycles.